The number of ether oxygens (including phenoxy) is 1. The molecule has 0 aliphatic rings. The first-order valence-electron chi connectivity index (χ1n) is 12.1. The van der Waals surface area contributed by atoms with E-state index in [1.165, 1.54) is 4.90 Å². The van der Waals surface area contributed by atoms with Crippen LogP contribution in [0.25, 0.3) is 0 Å². The lowest BCUT2D eigenvalue weighted by Crippen LogP contribution is -2.52. The highest BCUT2D eigenvalue weighted by Crippen LogP contribution is 2.24. The average Bonchev–Trinajstić information content (AvgIpc) is 2.81. The number of anilines is 1. The van der Waals surface area contributed by atoms with Crippen LogP contribution in [0.4, 0.5) is 5.69 Å². The molecule has 0 radical (unpaired) electrons. The highest BCUT2D eigenvalue weighted by atomic mass is 32.2. The Kier molecular flexibility index (Phi) is 10.3. The van der Waals surface area contributed by atoms with Crippen LogP contribution in [0.15, 0.2) is 42.5 Å². The van der Waals surface area contributed by atoms with Gasteiger partial charge in [0.1, 0.15) is 18.3 Å². The second-order valence-corrected chi connectivity index (χ2v) is 11.4. The number of aryl methyl sites for hydroxylation is 2. The van der Waals surface area contributed by atoms with Gasteiger partial charge in [-0.25, -0.2) is 8.42 Å². The van der Waals surface area contributed by atoms with E-state index < -0.39 is 28.5 Å². The van der Waals surface area contributed by atoms with Gasteiger partial charge in [0.2, 0.25) is 21.8 Å². The molecule has 1 atom stereocenters. The van der Waals surface area contributed by atoms with Gasteiger partial charge >= 0.3 is 0 Å². The van der Waals surface area contributed by atoms with Crippen LogP contribution in [0.1, 0.15) is 43.9 Å². The van der Waals surface area contributed by atoms with Crippen LogP contribution in [0, 0.1) is 19.8 Å². The van der Waals surface area contributed by atoms with Crippen molar-refractivity contribution in [2.75, 3.05) is 30.8 Å². The predicted molar refractivity (Wildman–Crippen MR) is 144 cm³/mol. The predicted octanol–water partition coefficient (Wildman–Crippen LogP) is 3.66. The molecule has 0 aliphatic heterocycles. The van der Waals surface area contributed by atoms with E-state index in [-0.39, 0.29) is 18.4 Å². The van der Waals surface area contributed by atoms with Gasteiger partial charge in [-0.3, -0.25) is 13.9 Å². The van der Waals surface area contributed by atoms with Crippen LogP contribution < -0.4 is 14.4 Å². The van der Waals surface area contributed by atoms with E-state index in [4.69, 9.17) is 4.74 Å². The van der Waals surface area contributed by atoms with Crippen molar-refractivity contribution < 1.29 is 22.7 Å². The van der Waals surface area contributed by atoms with Crippen molar-refractivity contribution in [3.05, 3.63) is 59.2 Å². The number of sulfonamides is 1. The normalized spacial score (nSPS) is 12.2. The van der Waals surface area contributed by atoms with Gasteiger partial charge in [-0.05, 0) is 55.5 Å². The maximum absolute atomic E-state index is 13.7. The number of hydrogen-bond donors (Lipinski definition) is 1. The van der Waals surface area contributed by atoms with Crippen molar-refractivity contribution in [1.82, 2.24) is 10.2 Å². The Bertz CT molecular complexity index is 1150. The van der Waals surface area contributed by atoms with E-state index in [0.717, 1.165) is 27.3 Å². The van der Waals surface area contributed by atoms with Gasteiger partial charge in [0.25, 0.3) is 0 Å². The van der Waals surface area contributed by atoms with Gasteiger partial charge in [0.15, 0.2) is 0 Å². The third-order valence-corrected chi connectivity index (χ3v) is 7.01. The maximum atomic E-state index is 13.7. The van der Waals surface area contributed by atoms with Crippen LogP contribution in [0.3, 0.4) is 0 Å². The zero-order chi connectivity index (χ0) is 27.0. The van der Waals surface area contributed by atoms with Gasteiger partial charge in [-0.2, -0.15) is 0 Å². The SMILES string of the molecule is CCC(C(=O)NCC(C)C)N(Cc1ccc(OC)cc1)C(=O)CN(c1ccc(C)cc1C)S(C)(=O)=O. The third kappa shape index (κ3) is 7.98. The molecule has 2 aromatic carbocycles. The quantitative estimate of drug-likeness (QED) is 0.464. The van der Waals surface area contributed by atoms with Crippen LogP contribution >= 0.6 is 0 Å². The summed E-state index contributed by atoms with van der Waals surface area (Å²) in [5.74, 6) is 0.215. The lowest BCUT2D eigenvalue weighted by molar-refractivity contribution is -0.140. The molecule has 0 aliphatic carbocycles. The lowest BCUT2D eigenvalue weighted by atomic mass is 10.1. The molecule has 0 saturated heterocycles. The molecule has 36 heavy (non-hydrogen) atoms. The zero-order valence-electron chi connectivity index (χ0n) is 22.4. The van der Waals surface area contributed by atoms with E-state index in [0.29, 0.717) is 24.4 Å². The molecule has 0 aromatic heterocycles. The molecule has 0 heterocycles. The summed E-state index contributed by atoms with van der Waals surface area (Å²) in [4.78, 5) is 28.3. The summed E-state index contributed by atoms with van der Waals surface area (Å²) in [5.41, 5.74) is 2.98. The van der Waals surface area contributed by atoms with E-state index in [1.54, 1.807) is 25.3 Å². The summed E-state index contributed by atoms with van der Waals surface area (Å²) in [6, 6.07) is 11.9. The third-order valence-electron chi connectivity index (χ3n) is 5.88. The van der Waals surface area contributed by atoms with Crippen molar-refractivity contribution in [1.29, 1.82) is 0 Å². The minimum Gasteiger partial charge on any atom is -0.497 e. The van der Waals surface area contributed by atoms with Crippen molar-refractivity contribution >= 4 is 27.5 Å². The number of benzene rings is 2. The first-order valence-corrected chi connectivity index (χ1v) is 14.0. The van der Waals surface area contributed by atoms with Crippen LogP contribution in [0.5, 0.6) is 5.75 Å². The molecular formula is C27H39N3O5S. The molecule has 1 unspecified atom stereocenters. The molecule has 0 fully saturated rings. The molecule has 0 spiro atoms. The molecule has 9 heteroatoms. The highest BCUT2D eigenvalue weighted by Gasteiger charge is 2.32. The fraction of sp³-hybridized carbons (Fsp3) is 0.481. The van der Waals surface area contributed by atoms with E-state index in [2.05, 4.69) is 5.32 Å². The monoisotopic (exact) mass is 517 g/mol. The summed E-state index contributed by atoms with van der Waals surface area (Å²) in [5, 5.41) is 2.92. The molecule has 2 aromatic rings. The van der Waals surface area contributed by atoms with E-state index >= 15 is 0 Å². The van der Waals surface area contributed by atoms with Crippen molar-refractivity contribution in [2.45, 2.75) is 53.6 Å². The Hall–Kier alpha value is -3.07. The summed E-state index contributed by atoms with van der Waals surface area (Å²) >= 11 is 0. The van der Waals surface area contributed by atoms with Crippen molar-refractivity contribution in [2.24, 2.45) is 5.92 Å². The number of amides is 2. The molecular weight excluding hydrogens is 478 g/mol. The number of carbonyl (C=O) groups excluding carboxylic acids is 2. The molecule has 8 nitrogen and oxygen atoms in total. The maximum Gasteiger partial charge on any atom is 0.244 e. The molecule has 2 amide bonds. The molecule has 1 N–H and O–H groups in total. The van der Waals surface area contributed by atoms with E-state index in [9.17, 15) is 18.0 Å². The first-order chi connectivity index (χ1) is 16.9. The van der Waals surface area contributed by atoms with Crippen LogP contribution in [-0.4, -0.2) is 57.6 Å². The van der Waals surface area contributed by atoms with Crippen LogP contribution in [0.2, 0.25) is 0 Å². The average molecular weight is 518 g/mol. The number of methoxy groups -OCH3 is 1. The van der Waals surface area contributed by atoms with E-state index in [1.807, 2.05) is 58.9 Å². The van der Waals surface area contributed by atoms with Crippen LogP contribution in [-0.2, 0) is 26.2 Å². The van der Waals surface area contributed by atoms with Gasteiger partial charge in [0.05, 0.1) is 19.1 Å². The Morgan fingerprint density at radius 2 is 1.69 bits per heavy atom. The topological polar surface area (TPSA) is 96.0 Å². The fourth-order valence-electron chi connectivity index (χ4n) is 3.95. The zero-order valence-corrected chi connectivity index (χ0v) is 23.2. The van der Waals surface area contributed by atoms with Gasteiger partial charge in [0, 0.05) is 13.1 Å². The first kappa shape index (κ1) is 29.2. The number of nitrogens with zero attached hydrogens (tertiary/aromatic N) is 2. The summed E-state index contributed by atoms with van der Waals surface area (Å²) < 4.78 is 31.9. The number of rotatable bonds is 12. The van der Waals surface area contributed by atoms with Gasteiger partial charge < -0.3 is 15.0 Å². The number of hydrogen-bond acceptors (Lipinski definition) is 5. The second-order valence-electron chi connectivity index (χ2n) is 9.49. The van der Waals surface area contributed by atoms with Gasteiger partial charge in [-0.15, -0.1) is 0 Å². The number of nitrogens with one attached hydrogen (secondary N) is 1. The Balaban J connectivity index is 2.45. The standard InChI is InChI=1S/C27H39N3O5S/c1-8-24(27(32)28-16-19(2)3)29(17-22-10-12-23(35-6)13-11-22)26(31)18-30(36(7,33)34)25-14-9-20(4)15-21(25)5/h9-15,19,24H,8,16-18H2,1-7H3,(H,28,32). The Morgan fingerprint density at radius 3 is 2.19 bits per heavy atom. The lowest BCUT2D eigenvalue weighted by Gasteiger charge is -2.33. The molecule has 198 valence electrons. The minimum absolute atomic E-state index is 0.154. The highest BCUT2D eigenvalue weighted by molar-refractivity contribution is 7.92. The second kappa shape index (κ2) is 12.8. The fourth-order valence-corrected chi connectivity index (χ4v) is 4.86. The Labute approximate surface area is 215 Å². The molecule has 0 bridgehead atoms. The molecule has 2 rings (SSSR count). The summed E-state index contributed by atoms with van der Waals surface area (Å²) in [6.07, 6.45) is 1.47. The smallest absolute Gasteiger partial charge is 0.244 e. The van der Waals surface area contributed by atoms with Crippen molar-refractivity contribution in [3.63, 3.8) is 0 Å². The summed E-state index contributed by atoms with van der Waals surface area (Å²) in [7, 11) is -2.20. The Morgan fingerprint density at radius 1 is 1.06 bits per heavy atom. The minimum atomic E-state index is -3.77. The van der Waals surface area contributed by atoms with Crippen molar-refractivity contribution in [3.8, 4) is 5.75 Å². The molecule has 0 saturated carbocycles. The summed E-state index contributed by atoms with van der Waals surface area (Å²) in [6.45, 7) is 9.79. The number of carbonyl (C=O) groups is 2. The largest absolute Gasteiger partial charge is 0.497 e. The van der Waals surface area contributed by atoms with Gasteiger partial charge in [-0.1, -0.05) is 50.6 Å².